The summed E-state index contributed by atoms with van der Waals surface area (Å²) in [4.78, 5) is 46.5. The monoisotopic (exact) mass is 525 g/mol. The predicted octanol–water partition coefficient (Wildman–Crippen LogP) is 2.54. The highest BCUT2D eigenvalue weighted by molar-refractivity contribution is 6.04. The molecule has 9 heteroatoms. The fraction of sp³-hybridized carbons (Fsp3) is 0.552. The van der Waals surface area contributed by atoms with Crippen molar-refractivity contribution in [2.24, 2.45) is 11.8 Å². The van der Waals surface area contributed by atoms with Crippen molar-refractivity contribution in [1.29, 1.82) is 0 Å². The second kappa shape index (κ2) is 11.3. The van der Waals surface area contributed by atoms with E-state index in [4.69, 9.17) is 9.47 Å². The average Bonchev–Trinajstić information content (AvgIpc) is 3.58. The second-order valence-electron chi connectivity index (χ2n) is 10.2. The van der Waals surface area contributed by atoms with Gasteiger partial charge in [-0.1, -0.05) is 18.7 Å². The van der Waals surface area contributed by atoms with Gasteiger partial charge in [-0.3, -0.25) is 14.4 Å². The summed E-state index contributed by atoms with van der Waals surface area (Å²) in [7, 11) is 0. The average molecular weight is 526 g/mol. The molecule has 6 atom stereocenters. The number of nitrogens with zero attached hydrogens (tertiary/aromatic N) is 3. The Morgan fingerprint density at radius 2 is 1.87 bits per heavy atom. The van der Waals surface area contributed by atoms with E-state index < -0.39 is 41.6 Å². The van der Waals surface area contributed by atoms with Gasteiger partial charge in [0.25, 0.3) is 5.91 Å². The number of anilines is 2. The minimum Gasteiger partial charge on any atom is -0.461 e. The van der Waals surface area contributed by atoms with Crippen LogP contribution in [0, 0.1) is 11.8 Å². The van der Waals surface area contributed by atoms with E-state index in [1.165, 1.54) is 11.0 Å². The van der Waals surface area contributed by atoms with Gasteiger partial charge in [0, 0.05) is 31.0 Å². The third-order valence-electron chi connectivity index (χ3n) is 8.19. The third-order valence-corrected chi connectivity index (χ3v) is 8.19. The van der Waals surface area contributed by atoms with Crippen LogP contribution in [0.2, 0.25) is 0 Å². The zero-order chi connectivity index (χ0) is 27.6. The van der Waals surface area contributed by atoms with Gasteiger partial charge in [-0.2, -0.15) is 0 Å². The number of rotatable bonds is 12. The summed E-state index contributed by atoms with van der Waals surface area (Å²) in [6, 6.07) is 6.10. The van der Waals surface area contributed by atoms with Crippen molar-refractivity contribution in [3.63, 3.8) is 0 Å². The molecule has 3 saturated heterocycles. The maximum Gasteiger partial charge on any atom is 0.312 e. The highest BCUT2D eigenvalue weighted by Crippen LogP contribution is 2.59. The van der Waals surface area contributed by atoms with Gasteiger partial charge < -0.3 is 29.3 Å². The van der Waals surface area contributed by atoms with Crippen LogP contribution in [0.25, 0.3) is 0 Å². The summed E-state index contributed by atoms with van der Waals surface area (Å²) in [5, 5.41) is 10.0. The molecule has 2 bridgehead atoms. The Balaban J connectivity index is 1.73. The van der Waals surface area contributed by atoms with Gasteiger partial charge in [0.2, 0.25) is 5.91 Å². The smallest absolute Gasteiger partial charge is 0.312 e. The maximum absolute atomic E-state index is 14.4. The molecule has 3 aliphatic rings. The number of fused-ring (bicyclic) bond motifs is 1. The van der Waals surface area contributed by atoms with Crippen molar-refractivity contribution in [2.45, 2.75) is 57.4 Å². The highest BCUT2D eigenvalue weighted by Gasteiger charge is 2.75. The molecule has 3 aliphatic heterocycles. The van der Waals surface area contributed by atoms with Crippen LogP contribution >= 0.6 is 0 Å². The first kappa shape index (κ1) is 27.9. The lowest BCUT2D eigenvalue weighted by molar-refractivity contribution is -0.154. The quantitative estimate of drug-likeness (QED) is 0.331. The number of benzene rings is 1. The van der Waals surface area contributed by atoms with Gasteiger partial charge in [-0.15, -0.1) is 6.58 Å². The topological polar surface area (TPSA) is 99.6 Å². The zero-order valence-electron chi connectivity index (χ0n) is 22.5. The number of carbonyl (C=O) groups is 3. The largest absolute Gasteiger partial charge is 0.461 e. The summed E-state index contributed by atoms with van der Waals surface area (Å²) in [5.41, 5.74) is 0.554. The minimum atomic E-state index is -1.17. The van der Waals surface area contributed by atoms with Gasteiger partial charge in [0.15, 0.2) is 0 Å². The van der Waals surface area contributed by atoms with Gasteiger partial charge in [-0.05, 0) is 57.9 Å². The van der Waals surface area contributed by atoms with Crippen molar-refractivity contribution < 1.29 is 29.0 Å². The SMILES string of the molecule is C=CCOC(=O)[C@@H]1[C@@H]2CCC3(O2)C(C(=O)N(CC=C)c2ccc(N(CC)CC)cc2)N([C@H](C)CO)C(=O)[C@H]13. The van der Waals surface area contributed by atoms with Crippen LogP contribution in [0.3, 0.4) is 0 Å². The second-order valence-corrected chi connectivity index (χ2v) is 10.2. The molecule has 2 unspecified atom stereocenters. The molecule has 1 aromatic rings. The molecule has 38 heavy (non-hydrogen) atoms. The summed E-state index contributed by atoms with van der Waals surface area (Å²) < 4.78 is 11.8. The number of likely N-dealkylation sites (tertiary alicyclic amines) is 1. The molecule has 1 aromatic carbocycles. The van der Waals surface area contributed by atoms with E-state index >= 15 is 0 Å². The molecule has 0 aliphatic carbocycles. The van der Waals surface area contributed by atoms with Crippen LogP contribution in [-0.4, -0.2) is 84.4 Å². The van der Waals surface area contributed by atoms with E-state index in [-0.39, 0.29) is 31.6 Å². The Labute approximate surface area is 224 Å². The van der Waals surface area contributed by atoms with Gasteiger partial charge in [0.1, 0.15) is 18.2 Å². The molecule has 0 radical (unpaired) electrons. The molecule has 3 heterocycles. The fourth-order valence-electron chi connectivity index (χ4n) is 6.47. The van der Waals surface area contributed by atoms with Gasteiger partial charge in [0.05, 0.1) is 30.6 Å². The Morgan fingerprint density at radius 3 is 2.45 bits per heavy atom. The number of hydrogen-bond acceptors (Lipinski definition) is 7. The van der Waals surface area contributed by atoms with Crippen molar-refractivity contribution in [3.8, 4) is 0 Å². The number of amides is 2. The Morgan fingerprint density at radius 1 is 1.21 bits per heavy atom. The molecule has 1 spiro atoms. The number of ether oxygens (including phenoxy) is 2. The number of aliphatic hydroxyl groups excluding tert-OH is 1. The first-order chi connectivity index (χ1) is 18.3. The predicted molar refractivity (Wildman–Crippen MR) is 145 cm³/mol. The van der Waals surface area contributed by atoms with Gasteiger partial charge in [-0.25, -0.2) is 0 Å². The summed E-state index contributed by atoms with van der Waals surface area (Å²) in [6.45, 7) is 15.0. The van der Waals surface area contributed by atoms with E-state index in [9.17, 15) is 19.5 Å². The first-order valence-corrected chi connectivity index (χ1v) is 13.4. The lowest BCUT2D eigenvalue weighted by Crippen LogP contribution is -2.58. The molecule has 9 nitrogen and oxygen atoms in total. The van der Waals surface area contributed by atoms with Crippen LogP contribution in [0.1, 0.15) is 33.6 Å². The minimum absolute atomic E-state index is 0.0334. The van der Waals surface area contributed by atoms with Crippen LogP contribution in [0.4, 0.5) is 11.4 Å². The molecular formula is C29H39N3O6. The van der Waals surface area contributed by atoms with Crippen LogP contribution in [0.5, 0.6) is 0 Å². The number of carbonyl (C=O) groups excluding carboxylic acids is 3. The van der Waals surface area contributed by atoms with E-state index in [0.717, 1.165) is 18.8 Å². The molecule has 206 valence electrons. The molecule has 0 saturated carbocycles. The van der Waals surface area contributed by atoms with E-state index in [0.29, 0.717) is 18.5 Å². The van der Waals surface area contributed by atoms with Crippen LogP contribution < -0.4 is 9.80 Å². The number of hydrogen-bond donors (Lipinski definition) is 1. The number of aliphatic hydroxyl groups is 1. The maximum atomic E-state index is 14.4. The van der Waals surface area contributed by atoms with Crippen LogP contribution in [-0.2, 0) is 23.9 Å². The van der Waals surface area contributed by atoms with Crippen molar-refractivity contribution in [3.05, 3.63) is 49.6 Å². The molecule has 1 N–H and O–H groups in total. The lowest BCUT2D eigenvalue weighted by atomic mass is 9.70. The standard InChI is InChI=1S/C29H39N3O6/c1-6-16-31(21-12-10-20(11-13-21)30(8-3)9-4)27(35)25-29-15-14-22(38-29)23(28(36)37-17-7-2)24(29)26(34)32(25)19(5)18-33/h6-7,10-13,19,22-25,33H,1-2,8-9,14-18H2,3-5H3/t19-,22+,23-,24+,25?,29?/m1/s1. The lowest BCUT2D eigenvalue weighted by Gasteiger charge is -2.38. The highest BCUT2D eigenvalue weighted by atomic mass is 16.6. The summed E-state index contributed by atoms with van der Waals surface area (Å²) >= 11 is 0. The van der Waals surface area contributed by atoms with Crippen molar-refractivity contribution in [1.82, 2.24) is 4.90 Å². The van der Waals surface area contributed by atoms with Gasteiger partial charge >= 0.3 is 5.97 Å². The molecule has 4 rings (SSSR count). The Bertz CT molecular complexity index is 1070. The van der Waals surface area contributed by atoms with E-state index in [1.807, 2.05) is 24.3 Å². The summed E-state index contributed by atoms with van der Waals surface area (Å²) in [6.07, 6.45) is 3.63. The first-order valence-electron chi connectivity index (χ1n) is 13.4. The third kappa shape index (κ3) is 4.41. The fourth-order valence-corrected chi connectivity index (χ4v) is 6.47. The normalized spacial score (nSPS) is 28.1. The zero-order valence-corrected chi connectivity index (χ0v) is 22.5. The van der Waals surface area contributed by atoms with E-state index in [1.54, 1.807) is 17.9 Å². The molecule has 3 fully saturated rings. The Kier molecular flexibility index (Phi) is 8.28. The molecule has 0 aromatic heterocycles. The van der Waals surface area contributed by atoms with E-state index in [2.05, 4.69) is 31.9 Å². The molecule has 2 amide bonds. The Hall–Kier alpha value is -3.17. The summed E-state index contributed by atoms with van der Waals surface area (Å²) in [5.74, 6) is -2.85. The van der Waals surface area contributed by atoms with Crippen molar-refractivity contribution >= 4 is 29.2 Å². The number of esters is 1. The molecular weight excluding hydrogens is 486 g/mol. The van der Waals surface area contributed by atoms with Crippen LogP contribution in [0.15, 0.2) is 49.6 Å². The van der Waals surface area contributed by atoms with Crippen molar-refractivity contribution in [2.75, 3.05) is 42.6 Å².